The van der Waals surface area contributed by atoms with Gasteiger partial charge in [-0.25, -0.2) is 9.97 Å². The van der Waals surface area contributed by atoms with Gasteiger partial charge < -0.3 is 15.2 Å². The minimum atomic E-state index is 0.458. The van der Waals surface area contributed by atoms with Crippen LogP contribution in [0, 0.1) is 5.92 Å². The van der Waals surface area contributed by atoms with Gasteiger partial charge in [-0.05, 0) is 24.1 Å². The van der Waals surface area contributed by atoms with E-state index in [0.29, 0.717) is 29.8 Å². The van der Waals surface area contributed by atoms with Gasteiger partial charge in [0, 0.05) is 5.56 Å². The average molecular weight is 273 g/mol. The summed E-state index contributed by atoms with van der Waals surface area (Å²) in [6.45, 7) is 4.85. The molecule has 106 valence electrons. The second-order valence-electron chi connectivity index (χ2n) is 4.91. The Bertz CT molecular complexity index is 568. The minimum Gasteiger partial charge on any atom is -0.493 e. The predicted molar refractivity (Wildman–Crippen MR) is 78.8 cm³/mol. The highest BCUT2D eigenvalue weighted by molar-refractivity contribution is 5.61. The number of hydrogen-bond acceptors (Lipinski definition) is 5. The zero-order chi connectivity index (χ0) is 14.5. The summed E-state index contributed by atoms with van der Waals surface area (Å²) in [5.74, 6) is 2.46. The first-order valence-corrected chi connectivity index (χ1v) is 6.49. The van der Waals surface area contributed by atoms with E-state index in [0.717, 1.165) is 11.3 Å². The Balaban J connectivity index is 2.26. The van der Waals surface area contributed by atoms with E-state index in [1.54, 1.807) is 19.5 Å². The largest absolute Gasteiger partial charge is 0.493 e. The van der Waals surface area contributed by atoms with Crippen LogP contribution >= 0.6 is 0 Å². The molecule has 0 unspecified atom stereocenters. The summed E-state index contributed by atoms with van der Waals surface area (Å²) < 4.78 is 11.1. The van der Waals surface area contributed by atoms with Crippen molar-refractivity contribution in [2.24, 2.45) is 5.92 Å². The molecule has 2 aromatic rings. The van der Waals surface area contributed by atoms with Crippen molar-refractivity contribution in [2.45, 2.75) is 13.8 Å². The number of rotatable bonds is 5. The molecule has 1 heterocycles. The average Bonchev–Trinajstić information content (AvgIpc) is 2.45. The lowest BCUT2D eigenvalue weighted by molar-refractivity contribution is 0.257. The third-order valence-electron chi connectivity index (χ3n) is 2.67. The van der Waals surface area contributed by atoms with Gasteiger partial charge in [-0.2, -0.15) is 0 Å². The summed E-state index contributed by atoms with van der Waals surface area (Å²) >= 11 is 0. The lowest BCUT2D eigenvalue weighted by Gasteiger charge is -2.13. The van der Waals surface area contributed by atoms with Crippen LogP contribution in [0.4, 0.5) is 5.69 Å². The highest BCUT2D eigenvalue weighted by Crippen LogP contribution is 2.31. The highest BCUT2D eigenvalue weighted by Gasteiger charge is 2.09. The van der Waals surface area contributed by atoms with Gasteiger partial charge in [0.25, 0.3) is 0 Å². The molecule has 0 aliphatic rings. The normalized spacial score (nSPS) is 10.6. The van der Waals surface area contributed by atoms with Crippen molar-refractivity contribution in [2.75, 3.05) is 19.5 Å². The van der Waals surface area contributed by atoms with E-state index in [1.165, 1.54) is 0 Å². The smallest absolute Gasteiger partial charge is 0.161 e. The molecule has 0 bridgehead atoms. The van der Waals surface area contributed by atoms with Crippen LogP contribution in [-0.4, -0.2) is 23.7 Å². The molecule has 0 atom stereocenters. The van der Waals surface area contributed by atoms with E-state index >= 15 is 0 Å². The van der Waals surface area contributed by atoms with Crippen molar-refractivity contribution in [3.8, 4) is 22.9 Å². The molecular formula is C15H19N3O2. The Kier molecular flexibility index (Phi) is 4.40. The summed E-state index contributed by atoms with van der Waals surface area (Å²) in [6, 6.07) is 5.64. The number of nitrogen functional groups attached to an aromatic ring is 1. The standard InChI is InChI=1S/C15H19N3O2/c1-10(2)9-20-13-5-4-11(6-14(13)19-3)15-17-7-12(16)8-18-15/h4-8,10H,9,16H2,1-3H3. The van der Waals surface area contributed by atoms with E-state index in [-0.39, 0.29) is 0 Å². The Morgan fingerprint density at radius 3 is 2.45 bits per heavy atom. The highest BCUT2D eigenvalue weighted by atomic mass is 16.5. The van der Waals surface area contributed by atoms with Gasteiger partial charge in [0.2, 0.25) is 0 Å². The number of nitrogens with zero attached hydrogens (tertiary/aromatic N) is 2. The number of anilines is 1. The summed E-state index contributed by atoms with van der Waals surface area (Å²) in [7, 11) is 1.62. The summed E-state index contributed by atoms with van der Waals surface area (Å²) in [5, 5.41) is 0. The number of benzene rings is 1. The van der Waals surface area contributed by atoms with Gasteiger partial charge in [0.15, 0.2) is 17.3 Å². The van der Waals surface area contributed by atoms with E-state index < -0.39 is 0 Å². The van der Waals surface area contributed by atoms with Crippen molar-refractivity contribution in [3.63, 3.8) is 0 Å². The number of nitrogens with two attached hydrogens (primary N) is 1. The van der Waals surface area contributed by atoms with Crippen LogP contribution in [0.5, 0.6) is 11.5 Å². The molecule has 2 rings (SSSR count). The van der Waals surface area contributed by atoms with Gasteiger partial charge in [-0.3, -0.25) is 0 Å². The number of aromatic nitrogens is 2. The summed E-state index contributed by atoms with van der Waals surface area (Å²) in [6.07, 6.45) is 3.16. The lowest BCUT2D eigenvalue weighted by Crippen LogP contribution is -2.05. The molecule has 0 saturated carbocycles. The quantitative estimate of drug-likeness (QED) is 0.907. The molecule has 0 spiro atoms. The number of ether oxygens (including phenoxy) is 2. The van der Waals surface area contributed by atoms with Crippen LogP contribution in [-0.2, 0) is 0 Å². The monoisotopic (exact) mass is 273 g/mol. The van der Waals surface area contributed by atoms with Crippen molar-refractivity contribution in [3.05, 3.63) is 30.6 Å². The van der Waals surface area contributed by atoms with Crippen LogP contribution in [0.1, 0.15) is 13.8 Å². The molecule has 1 aromatic heterocycles. The maximum atomic E-state index is 5.71. The first-order valence-electron chi connectivity index (χ1n) is 6.49. The first kappa shape index (κ1) is 14.1. The molecule has 5 nitrogen and oxygen atoms in total. The number of hydrogen-bond donors (Lipinski definition) is 1. The van der Waals surface area contributed by atoms with Crippen molar-refractivity contribution >= 4 is 5.69 Å². The Labute approximate surface area is 118 Å². The first-order chi connectivity index (χ1) is 9.60. The molecule has 2 N–H and O–H groups in total. The minimum absolute atomic E-state index is 0.458. The molecular weight excluding hydrogens is 254 g/mol. The fourth-order valence-electron chi connectivity index (χ4n) is 1.67. The van der Waals surface area contributed by atoms with Gasteiger partial charge in [0.05, 0.1) is 31.8 Å². The second kappa shape index (κ2) is 6.23. The third kappa shape index (κ3) is 3.38. The van der Waals surface area contributed by atoms with Crippen LogP contribution in [0.2, 0.25) is 0 Å². The van der Waals surface area contributed by atoms with Gasteiger partial charge >= 0.3 is 0 Å². The van der Waals surface area contributed by atoms with Crippen molar-refractivity contribution in [1.29, 1.82) is 0 Å². The zero-order valence-electron chi connectivity index (χ0n) is 12.0. The van der Waals surface area contributed by atoms with Gasteiger partial charge in [-0.1, -0.05) is 13.8 Å². The number of methoxy groups -OCH3 is 1. The second-order valence-corrected chi connectivity index (χ2v) is 4.91. The molecule has 0 aliphatic heterocycles. The SMILES string of the molecule is COc1cc(-c2ncc(N)cn2)ccc1OCC(C)C. The molecule has 0 fully saturated rings. The maximum absolute atomic E-state index is 5.71. The lowest BCUT2D eigenvalue weighted by atomic mass is 10.2. The van der Waals surface area contributed by atoms with Crippen LogP contribution in [0.15, 0.2) is 30.6 Å². The fraction of sp³-hybridized carbons (Fsp3) is 0.333. The van der Waals surface area contributed by atoms with Gasteiger partial charge in [-0.15, -0.1) is 0 Å². The zero-order valence-corrected chi connectivity index (χ0v) is 12.0. The van der Waals surface area contributed by atoms with E-state index in [2.05, 4.69) is 23.8 Å². The Morgan fingerprint density at radius 2 is 1.85 bits per heavy atom. The van der Waals surface area contributed by atoms with Gasteiger partial charge in [0.1, 0.15) is 0 Å². The molecule has 0 radical (unpaired) electrons. The van der Waals surface area contributed by atoms with Crippen molar-refractivity contribution < 1.29 is 9.47 Å². The predicted octanol–water partition coefficient (Wildman–Crippen LogP) is 2.77. The van der Waals surface area contributed by atoms with Crippen LogP contribution in [0.25, 0.3) is 11.4 Å². The van der Waals surface area contributed by atoms with E-state index in [9.17, 15) is 0 Å². The molecule has 1 aromatic carbocycles. The summed E-state index contributed by atoms with van der Waals surface area (Å²) in [5.41, 5.74) is 6.98. The van der Waals surface area contributed by atoms with Crippen molar-refractivity contribution in [1.82, 2.24) is 9.97 Å². The summed E-state index contributed by atoms with van der Waals surface area (Å²) in [4.78, 5) is 8.39. The fourth-order valence-corrected chi connectivity index (χ4v) is 1.67. The molecule has 20 heavy (non-hydrogen) atoms. The molecule has 5 heteroatoms. The third-order valence-corrected chi connectivity index (χ3v) is 2.67. The molecule has 0 saturated heterocycles. The van der Waals surface area contributed by atoms with E-state index in [1.807, 2.05) is 18.2 Å². The maximum Gasteiger partial charge on any atom is 0.161 e. The van der Waals surface area contributed by atoms with E-state index in [4.69, 9.17) is 15.2 Å². The van der Waals surface area contributed by atoms with Crippen LogP contribution < -0.4 is 15.2 Å². The Morgan fingerprint density at radius 1 is 1.15 bits per heavy atom. The topological polar surface area (TPSA) is 70.3 Å². The molecule has 0 amide bonds. The molecule has 0 aliphatic carbocycles. The Hall–Kier alpha value is -2.30. The van der Waals surface area contributed by atoms with Crippen LogP contribution in [0.3, 0.4) is 0 Å².